The summed E-state index contributed by atoms with van der Waals surface area (Å²) >= 11 is 0. The quantitative estimate of drug-likeness (QED) is 0.860. The van der Waals surface area contributed by atoms with Crippen LogP contribution in [0.25, 0.3) is 0 Å². The number of carbonyl (C=O) groups is 1. The molecule has 3 rings (SSSR count). The number of benzene rings is 2. The van der Waals surface area contributed by atoms with Crippen LogP contribution in [0.15, 0.2) is 48.5 Å². The second kappa shape index (κ2) is 7.27. The molecule has 0 atom stereocenters. The fourth-order valence-electron chi connectivity index (χ4n) is 2.87. The van der Waals surface area contributed by atoms with Gasteiger partial charge in [0, 0.05) is 37.6 Å². The van der Waals surface area contributed by atoms with Crippen LogP contribution in [0.5, 0.6) is 0 Å². The Morgan fingerprint density at radius 1 is 0.923 bits per heavy atom. The molecular weight excluding hydrogens is 343 g/mol. The monoisotopic (exact) mass is 363 g/mol. The second-order valence-corrected chi connectivity index (χ2v) is 6.31. The van der Waals surface area contributed by atoms with E-state index in [2.05, 4.69) is 34.5 Å². The first-order valence-electron chi connectivity index (χ1n) is 8.38. The molecule has 138 valence electrons. The molecule has 1 heterocycles. The van der Waals surface area contributed by atoms with E-state index in [4.69, 9.17) is 0 Å². The van der Waals surface area contributed by atoms with Gasteiger partial charge in [-0.2, -0.15) is 13.2 Å². The Labute approximate surface area is 150 Å². The third-order valence-corrected chi connectivity index (χ3v) is 4.43. The van der Waals surface area contributed by atoms with Crippen LogP contribution in [0.1, 0.15) is 11.1 Å². The molecule has 0 saturated carbocycles. The zero-order chi connectivity index (χ0) is 18.7. The number of urea groups is 1. The Balaban J connectivity index is 1.54. The van der Waals surface area contributed by atoms with Crippen molar-refractivity contribution < 1.29 is 18.0 Å². The van der Waals surface area contributed by atoms with Crippen molar-refractivity contribution >= 4 is 17.4 Å². The average Bonchev–Trinajstić information content (AvgIpc) is 2.62. The summed E-state index contributed by atoms with van der Waals surface area (Å²) < 4.78 is 37.7. The maximum atomic E-state index is 12.6. The molecule has 1 aliphatic rings. The zero-order valence-electron chi connectivity index (χ0n) is 14.4. The standard InChI is InChI=1S/C19H20F3N3O/c1-14-2-8-17(9-3-14)24-10-12-25(13-11-24)18(26)23-16-6-4-15(5-7-16)19(20,21)22/h2-9H,10-13H2,1H3,(H,23,26). The molecule has 0 radical (unpaired) electrons. The van der Waals surface area contributed by atoms with Gasteiger partial charge in [0.15, 0.2) is 0 Å². The third-order valence-electron chi connectivity index (χ3n) is 4.43. The molecule has 2 aromatic carbocycles. The minimum absolute atomic E-state index is 0.298. The van der Waals surface area contributed by atoms with Crippen molar-refractivity contribution in [3.8, 4) is 0 Å². The topological polar surface area (TPSA) is 35.6 Å². The molecule has 4 nitrogen and oxygen atoms in total. The summed E-state index contributed by atoms with van der Waals surface area (Å²) in [5.74, 6) is 0. The molecule has 1 fully saturated rings. The lowest BCUT2D eigenvalue weighted by Gasteiger charge is -2.36. The largest absolute Gasteiger partial charge is 0.416 e. The van der Waals surface area contributed by atoms with Crippen LogP contribution in [-0.2, 0) is 6.18 Å². The van der Waals surface area contributed by atoms with Gasteiger partial charge in [0.1, 0.15) is 0 Å². The predicted octanol–water partition coefficient (Wildman–Crippen LogP) is 4.37. The summed E-state index contributed by atoms with van der Waals surface area (Å²) in [7, 11) is 0. The van der Waals surface area contributed by atoms with Gasteiger partial charge in [-0.05, 0) is 43.3 Å². The lowest BCUT2D eigenvalue weighted by atomic mass is 10.2. The number of aryl methyl sites for hydroxylation is 1. The molecule has 1 N–H and O–H groups in total. The number of halogens is 3. The SMILES string of the molecule is Cc1ccc(N2CCN(C(=O)Nc3ccc(C(F)(F)F)cc3)CC2)cc1. The highest BCUT2D eigenvalue weighted by molar-refractivity contribution is 5.89. The Hall–Kier alpha value is -2.70. The molecular formula is C19H20F3N3O. The van der Waals surface area contributed by atoms with Gasteiger partial charge >= 0.3 is 12.2 Å². The van der Waals surface area contributed by atoms with Gasteiger partial charge in [0.2, 0.25) is 0 Å². The van der Waals surface area contributed by atoms with Crippen molar-refractivity contribution in [3.05, 3.63) is 59.7 Å². The van der Waals surface area contributed by atoms with Crippen molar-refractivity contribution in [2.75, 3.05) is 36.4 Å². The van der Waals surface area contributed by atoms with Crippen molar-refractivity contribution in [3.63, 3.8) is 0 Å². The average molecular weight is 363 g/mol. The number of hydrogen-bond donors (Lipinski definition) is 1. The number of rotatable bonds is 2. The number of alkyl halides is 3. The van der Waals surface area contributed by atoms with Crippen LogP contribution in [0.2, 0.25) is 0 Å². The number of piperazine rings is 1. The number of nitrogens with zero attached hydrogens (tertiary/aromatic N) is 2. The highest BCUT2D eigenvalue weighted by Crippen LogP contribution is 2.29. The van der Waals surface area contributed by atoms with Crippen LogP contribution >= 0.6 is 0 Å². The second-order valence-electron chi connectivity index (χ2n) is 6.31. The van der Waals surface area contributed by atoms with Gasteiger partial charge in [-0.3, -0.25) is 0 Å². The summed E-state index contributed by atoms with van der Waals surface area (Å²) in [5.41, 5.74) is 1.94. The number of anilines is 2. The van der Waals surface area contributed by atoms with E-state index < -0.39 is 11.7 Å². The van der Waals surface area contributed by atoms with Gasteiger partial charge in [-0.1, -0.05) is 17.7 Å². The molecule has 2 aromatic rings. The van der Waals surface area contributed by atoms with E-state index in [0.717, 1.165) is 17.8 Å². The van der Waals surface area contributed by atoms with Crippen LogP contribution in [0.3, 0.4) is 0 Å². The first kappa shape index (κ1) is 18.1. The minimum Gasteiger partial charge on any atom is -0.368 e. The number of nitrogens with one attached hydrogen (secondary N) is 1. The lowest BCUT2D eigenvalue weighted by molar-refractivity contribution is -0.137. The Kier molecular flexibility index (Phi) is 5.06. The van der Waals surface area contributed by atoms with Crippen LogP contribution in [0, 0.1) is 6.92 Å². The molecule has 7 heteroatoms. The molecule has 0 bridgehead atoms. The van der Waals surface area contributed by atoms with E-state index in [9.17, 15) is 18.0 Å². The highest BCUT2D eigenvalue weighted by atomic mass is 19.4. The van der Waals surface area contributed by atoms with E-state index in [1.165, 1.54) is 17.7 Å². The maximum Gasteiger partial charge on any atom is 0.416 e. The summed E-state index contributed by atoms with van der Waals surface area (Å²) in [4.78, 5) is 16.2. The Morgan fingerprint density at radius 3 is 2.04 bits per heavy atom. The molecule has 1 aliphatic heterocycles. The van der Waals surface area contributed by atoms with E-state index >= 15 is 0 Å². The summed E-state index contributed by atoms with van der Waals surface area (Å²) in [6, 6.07) is 12.4. The van der Waals surface area contributed by atoms with Crippen LogP contribution in [-0.4, -0.2) is 37.1 Å². The van der Waals surface area contributed by atoms with Gasteiger partial charge in [0.05, 0.1) is 5.56 Å². The number of carbonyl (C=O) groups excluding carboxylic acids is 1. The molecule has 0 aliphatic carbocycles. The molecule has 0 aromatic heterocycles. The predicted molar refractivity (Wildman–Crippen MR) is 95.4 cm³/mol. The first-order valence-corrected chi connectivity index (χ1v) is 8.38. The Morgan fingerprint density at radius 2 is 1.50 bits per heavy atom. The van der Waals surface area contributed by atoms with Crippen molar-refractivity contribution in [2.24, 2.45) is 0 Å². The molecule has 1 saturated heterocycles. The van der Waals surface area contributed by atoms with E-state index in [1.807, 2.05) is 6.92 Å². The first-order chi connectivity index (χ1) is 12.3. The smallest absolute Gasteiger partial charge is 0.368 e. The summed E-state index contributed by atoms with van der Waals surface area (Å²) in [5, 5.41) is 2.65. The number of amides is 2. The van der Waals surface area contributed by atoms with Crippen molar-refractivity contribution in [1.29, 1.82) is 0 Å². The minimum atomic E-state index is -4.38. The van der Waals surface area contributed by atoms with Gasteiger partial charge in [-0.15, -0.1) is 0 Å². The normalized spacial score (nSPS) is 15.1. The number of hydrogen-bond acceptors (Lipinski definition) is 2. The lowest BCUT2D eigenvalue weighted by Crippen LogP contribution is -2.50. The third kappa shape index (κ3) is 4.28. The van der Waals surface area contributed by atoms with Crippen LogP contribution < -0.4 is 10.2 Å². The molecule has 2 amide bonds. The van der Waals surface area contributed by atoms with Gasteiger partial charge < -0.3 is 15.1 Å². The molecule has 0 spiro atoms. The fraction of sp³-hybridized carbons (Fsp3) is 0.316. The van der Waals surface area contributed by atoms with Gasteiger partial charge in [0.25, 0.3) is 0 Å². The Bertz CT molecular complexity index is 749. The van der Waals surface area contributed by atoms with E-state index in [-0.39, 0.29) is 6.03 Å². The van der Waals surface area contributed by atoms with Gasteiger partial charge in [-0.25, -0.2) is 4.79 Å². The van der Waals surface area contributed by atoms with Crippen LogP contribution in [0.4, 0.5) is 29.3 Å². The summed E-state index contributed by atoms with van der Waals surface area (Å²) in [6.07, 6.45) is -4.38. The van der Waals surface area contributed by atoms with Crippen molar-refractivity contribution in [1.82, 2.24) is 4.90 Å². The van der Waals surface area contributed by atoms with E-state index in [0.29, 0.717) is 31.9 Å². The van der Waals surface area contributed by atoms with E-state index in [1.54, 1.807) is 4.90 Å². The molecule has 26 heavy (non-hydrogen) atoms. The highest BCUT2D eigenvalue weighted by Gasteiger charge is 2.30. The van der Waals surface area contributed by atoms with Crippen molar-refractivity contribution in [2.45, 2.75) is 13.1 Å². The maximum absolute atomic E-state index is 12.6. The molecule has 0 unspecified atom stereocenters. The fourth-order valence-corrected chi connectivity index (χ4v) is 2.87. The zero-order valence-corrected chi connectivity index (χ0v) is 14.4. The summed E-state index contributed by atoms with van der Waals surface area (Å²) in [6.45, 7) is 4.57.